The summed E-state index contributed by atoms with van der Waals surface area (Å²) in [4.78, 5) is 28.6. The Bertz CT molecular complexity index is 235. The van der Waals surface area contributed by atoms with Crippen LogP contribution in [0.15, 0.2) is 0 Å². The molecule has 0 saturated heterocycles. The van der Waals surface area contributed by atoms with E-state index in [2.05, 4.69) is 19.1 Å². The fourth-order valence-electron chi connectivity index (χ4n) is 0.693. The van der Waals surface area contributed by atoms with Crippen molar-refractivity contribution in [1.82, 2.24) is 0 Å². The van der Waals surface area contributed by atoms with E-state index in [1.807, 2.05) is 0 Å². The van der Waals surface area contributed by atoms with Crippen LogP contribution in [0.4, 0.5) is 0 Å². The molecule has 0 aromatic rings. The molecule has 0 bridgehead atoms. The first kappa shape index (κ1) is 17.3. The van der Waals surface area contributed by atoms with Gasteiger partial charge in [-0.1, -0.05) is 0 Å². The maximum absolute atomic E-state index is 10.9. The molecule has 2 unspecified atom stereocenters. The molecular formula is C8H15O9P. The van der Waals surface area contributed by atoms with E-state index < -0.39 is 20.5 Å². The summed E-state index contributed by atoms with van der Waals surface area (Å²) in [5, 5.41) is 18.0. The van der Waals surface area contributed by atoms with Crippen molar-refractivity contribution >= 4 is 20.8 Å². The van der Waals surface area contributed by atoms with Crippen LogP contribution in [0.5, 0.6) is 0 Å². The van der Waals surface area contributed by atoms with Crippen molar-refractivity contribution in [2.75, 3.05) is 13.2 Å². The summed E-state index contributed by atoms with van der Waals surface area (Å²) in [7, 11) is -3.10. The van der Waals surface area contributed by atoms with Crippen molar-refractivity contribution in [1.29, 1.82) is 0 Å². The van der Waals surface area contributed by atoms with Crippen molar-refractivity contribution in [2.45, 2.75) is 25.0 Å². The second-order valence-corrected chi connectivity index (χ2v) is 3.93. The lowest BCUT2D eigenvalue weighted by Gasteiger charge is -2.08. The van der Waals surface area contributed by atoms with Gasteiger partial charge in [0.1, 0.15) is 25.8 Å². The lowest BCUT2D eigenvalue weighted by molar-refractivity contribution is -0.271. The van der Waals surface area contributed by atoms with Gasteiger partial charge in [-0.3, -0.25) is 4.57 Å². The Morgan fingerprint density at radius 1 is 0.944 bits per heavy atom. The first-order valence-corrected chi connectivity index (χ1v) is 6.19. The quantitative estimate of drug-likeness (QED) is 0.204. The van der Waals surface area contributed by atoms with Crippen LogP contribution in [0.3, 0.4) is 0 Å². The predicted octanol–water partition coefficient (Wildman–Crippen LogP) is -0.828. The Morgan fingerprint density at radius 3 is 1.67 bits per heavy atom. The van der Waals surface area contributed by atoms with Gasteiger partial charge in [0.2, 0.25) is 0 Å². The summed E-state index contributed by atoms with van der Waals surface area (Å²) in [6.45, 7) is -0.710. The molecule has 0 aliphatic rings. The van der Waals surface area contributed by atoms with Gasteiger partial charge in [-0.05, 0) is 0 Å². The first-order chi connectivity index (χ1) is 8.60. The molecule has 2 atom stereocenters. The normalized spacial score (nSPS) is 15.9. The Morgan fingerprint density at radius 2 is 1.33 bits per heavy atom. The van der Waals surface area contributed by atoms with Crippen LogP contribution in [0.2, 0.25) is 0 Å². The molecule has 0 spiro atoms. The molecule has 10 heteroatoms. The van der Waals surface area contributed by atoms with Crippen LogP contribution in [-0.2, 0) is 33.3 Å². The van der Waals surface area contributed by atoms with E-state index in [-0.39, 0.29) is 26.1 Å². The smallest absolute Gasteiger partial charge is 0.373 e. The molecule has 18 heavy (non-hydrogen) atoms. The fraction of sp³-hybridized carbons (Fsp3) is 0.750. The fourth-order valence-corrected chi connectivity index (χ4v) is 1.05. The van der Waals surface area contributed by atoms with Crippen molar-refractivity contribution in [2.24, 2.45) is 0 Å². The molecule has 0 amide bonds. The molecule has 0 radical (unpaired) electrons. The summed E-state index contributed by atoms with van der Waals surface area (Å²) in [5.74, 6) is 0. The summed E-state index contributed by atoms with van der Waals surface area (Å²) in [5.41, 5.74) is 0. The zero-order valence-electron chi connectivity index (χ0n) is 9.39. The van der Waals surface area contributed by atoms with E-state index in [1.165, 1.54) is 0 Å². The van der Waals surface area contributed by atoms with Crippen LogP contribution >= 0.6 is 8.25 Å². The summed E-state index contributed by atoms with van der Waals surface area (Å²) in [6, 6.07) is 0. The van der Waals surface area contributed by atoms with E-state index >= 15 is 0 Å². The third kappa shape index (κ3) is 10.5. The molecule has 2 N–H and O–H groups in total. The zero-order chi connectivity index (χ0) is 13.8. The molecule has 0 heterocycles. The lowest BCUT2D eigenvalue weighted by Crippen LogP contribution is -2.16. The largest absolute Gasteiger partial charge is 0.390 e. The molecule has 0 saturated carbocycles. The Kier molecular flexibility index (Phi) is 11.0. The van der Waals surface area contributed by atoms with Crippen LogP contribution < -0.4 is 0 Å². The molecule has 0 aromatic heterocycles. The van der Waals surface area contributed by atoms with E-state index in [0.717, 1.165) is 0 Å². The Balaban J connectivity index is 3.48. The SMILES string of the molecule is O=CCC(O)COO[PH](=O)OOCC(O)CC=O. The van der Waals surface area contributed by atoms with Crippen LogP contribution in [-0.4, -0.2) is 48.2 Å². The number of carbonyl (C=O) groups excluding carboxylic acids is 2. The molecule has 0 aromatic carbocycles. The van der Waals surface area contributed by atoms with Gasteiger partial charge in [-0.2, -0.15) is 0 Å². The van der Waals surface area contributed by atoms with Crippen molar-refractivity contribution in [3.05, 3.63) is 0 Å². The topological polar surface area (TPSA) is 129 Å². The minimum atomic E-state index is -3.10. The average Bonchev–Trinajstić information content (AvgIpc) is 2.29. The molecule has 0 rings (SSSR count). The third-order valence-electron chi connectivity index (χ3n) is 1.51. The molecule has 9 nitrogen and oxygen atoms in total. The number of rotatable bonds is 12. The number of aliphatic hydroxyl groups is 2. The van der Waals surface area contributed by atoms with E-state index in [1.54, 1.807) is 0 Å². The maximum atomic E-state index is 10.9. The molecule has 106 valence electrons. The van der Waals surface area contributed by atoms with Gasteiger partial charge in [0.05, 0.1) is 12.2 Å². The Hall–Kier alpha value is -0.670. The van der Waals surface area contributed by atoms with Crippen LogP contribution in [0, 0.1) is 0 Å². The monoisotopic (exact) mass is 286 g/mol. The van der Waals surface area contributed by atoms with Crippen molar-refractivity contribution < 1.29 is 43.5 Å². The number of hydrogen-bond donors (Lipinski definition) is 2. The lowest BCUT2D eigenvalue weighted by atomic mass is 10.3. The van der Waals surface area contributed by atoms with Gasteiger partial charge in [0.25, 0.3) is 0 Å². The first-order valence-electron chi connectivity index (χ1n) is 4.96. The summed E-state index contributed by atoms with van der Waals surface area (Å²) < 4.78 is 19.3. The summed E-state index contributed by atoms with van der Waals surface area (Å²) in [6.07, 6.45) is -1.42. The highest BCUT2D eigenvalue weighted by Crippen LogP contribution is 2.24. The molecule has 0 aliphatic heterocycles. The van der Waals surface area contributed by atoms with Gasteiger partial charge in [-0.25, -0.2) is 9.78 Å². The van der Waals surface area contributed by atoms with Gasteiger partial charge < -0.3 is 19.8 Å². The highest BCUT2D eigenvalue weighted by molar-refractivity contribution is 7.32. The molecular weight excluding hydrogens is 271 g/mol. The van der Waals surface area contributed by atoms with Crippen molar-refractivity contribution in [3.63, 3.8) is 0 Å². The Labute approximate surface area is 103 Å². The van der Waals surface area contributed by atoms with Gasteiger partial charge in [0, 0.05) is 12.8 Å². The van der Waals surface area contributed by atoms with Crippen LogP contribution in [0.1, 0.15) is 12.8 Å². The predicted molar refractivity (Wildman–Crippen MR) is 56.5 cm³/mol. The maximum Gasteiger partial charge on any atom is 0.373 e. The number of aliphatic hydroxyl groups excluding tert-OH is 2. The van der Waals surface area contributed by atoms with E-state index in [9.17, 15) is 14.2 Å². The number of aldehydes is 2. The van der Waals surface area contributed by atoms with Crippen LogP contribution in [0.25, 0.3) is 0 Å². The third-order valence-corrected chi connectivity index (χ3v) is 2.02. The number of hydrogen-bond acceptors (Lipinski definition) is 9. The minimum absolute atomic E-state index is 0.139. The van der Waals surface area contributed by atoms with Gasteiger partial charge in [0.15, 0.2) is 0 Å². The number of carbonyl (C=O) groups is 2. The minimum Gasteiger partial charge on any atom is -0.390 e. The second kappa shape index (κ2) is 11.4. The zero-order valence-corrected chi connectivity index (χ0v) is 10.4. The van der Waals surface area contributed by atoms with Crippen molar-refractivity contribution in [3.8, 4) is 0 Å². The van der Waals surface area contributed by atoms with Gasteiger partial charge in [-0.15, -0.1) is 9.35 Å². The highest BCUT2D eigenvalue weighted by Gasteiger charge is 2.09. The molecule has 0 aliphatic carbocycles. The second-order valence-electron chi connectivity index (χ2n) is 3.10. The average molecular weight is 286 g/mol. The summed E-state index contributed by atoms with van der Waals surface area (Å²) >= 11 is 0. The van der Waals surface area contributed by atoms with Gasteiger partial charge >= 0.3 is 8.25 Å². The standard InChI is InChI=1S/C8H15O9P/c9-3-1-7(11)5-14-16-18(13)17-15-6-8(12)2-4-10/h3-4,7-8,11-12,18H,1-2,5-6H2. The van der Waals surface area contributed by atoms with E-state index in [0.29, 0.717) is 12.6 Å². The highest BCUT2D eigenvalue weighted by atomic mass is 31.1. The molecule has 0 fully saturated rings. The van der Waals surface area contributed by atoms with E-state index in [4.69, 9.17) is 10.2 Å².